The zero-order valence-electron chi connectivity index (χ0n) is 18.0. The van der Waals surface area contributed by atoms with Crippen LogP contribution in [0, 0.1) is 5.92 Å². The van der Waals surface area contributed by atoms with E-state index in [4.69, 9.17) is 11.6 Å². The topological polar surface area (TPSA) is 47.6 Å². The van der Waals surface area contributed by atoms with Crippen LogP contribution in [0.3, 0.4) is 0 Å². The number of anilines is 1. The molecule has 1 aromatic rings. The number of piperazine rings is 1. The second-order valence-corrected chi connectivity index (χ2v) is 9.43. The molecule has 3 rings (SSSR count). The molecule has 1 saturated heterocycles. The van der Waals surface area contributed by atoms with Gasteiger partial charge in [0, 0.05) is 55.5 Å². The summed E-state index contributed by atoms with van der Waals surface area (Å²) in [6.07, 6.45) is 8.06. The Kier molecular flexibility index (Phi) is 8.64. The zero-order valence-corrected chi connectivity index (χ0v) is 18.8. The third-order valence-corrected chi connectivity index (χ3v) is 6.55. The van der Waals surface area contributed by atoms with Crippen LogP contribution in [0.25, 0.3) is 0 Å². The number of amides is 2. The molecule has 1 aliphatic carbocycles. The van der Waals surface area contributed by atoms with Crippen LogP contribution in [0.5, 0.6) is 0 Å². The molecular formula is C23H37ClN4O. The van der Waals surface area contributed by atoms with Crippen LogP contribution in [0.4, 0.5) is 10.5 Å². The van der Waals surface area contributed by atoms with E-state index in [1.165, 1.54) is 32.1 Å². The summed E-state index contributed by atoms with van der Waals surface area (Å²) >= 11 is 5.91. The highest BCUT2D eigenvalue weighted by Crippen LogP contribution is 2.24. The van der Waals surface area contributed by atoms with Crippen molar-refractivity contribution in [1.29, 1.82) is 0 Å². The van der Waals surface area contributed by atoms with E-state index < -0.39 is 0 Å². The maximum atomic E-state index is 12.3. The van der Waals surface area contributed by atoms with Crippen LogP contribution < -0.4 is 10.6 Å². The molecule has 5 nitrogen and oxygen atoms in total. The van der Waals surface area contributed by atoms with E-state index in [1.54, 1.807) is 12.1 Å². The first-order valence-electron chi connectivity index (χ1n) is 11.3. The zero-order chi connectivity index (χ0) is 20.6. The number of halogens is 1. The molecule has 2 aliphatic rings. The maximum Gasteiger partial charge on any atom is 0.319 e. The van der Waals surface area contributed by atoms with Crippen LogP contribution in [-0.2, 0) is 0 Å². The third-order valence-electron chi connectivity index (χ3n) is 6.30. The molecule has 2 N–H and O–H groups in total. The van der Waals surface area contributed by atoms with Gasteiger partial charge in [0.2, 0.25) is 0 Å². The molecular weight excluding hydrogens is 384 g/mol. The van der Waals surface area contributed by atoms with Gasteiger partial charge in [-0.2, -0.15) is 0 Å². The smallest absolute Gasteiger partial charge is 0.319 e. The van der Waals surface area contributed by atoms with Crippen LogP contribution in [0.15, 0.2) is 24.3 Å². The van der Waals surface area contributed by atoms with E-state index >= 15 is 0 Å². The largest absolute Gasteiger partial charge is 0.336 e. The van der Waals surface area contributed by atoms with Crippen molar-refractivity contribution in [2.24, 2.45) is 5.92 Å². The number of urea groups is 1. The van der Waals surface area contributed by atoms with E-state index in [1.807, 2.05) is 12.1 Å². The van der Waals surface area contributed by atoms with E-state index in [0.29, 0.717) is 23.5 Å². The Morgan fingerprint density at radius 2 is 1.72 bits per heavy atom. The molecule has 1 aromatic carbocycles. The van der Waals surface area contributed by atoms with Gasteiger partial charge in [0.25, 0.3) is 0 Å². The van der Waals surface area contributed by atoms with Gasteiger partial charge in [-0.25, -0.2) is 4.79 Å². The average Bonchev–Trinajstić information content (AvgIpc) is 2.73. The predicted molar refractivity (Wildman–Crippen MR) is 122 cm³/mol. The summed E-state index contributed by atoms with van der Waals surface area (Å²) in [6, 6.07) is 8.24. The molecule has 162 valence electrons. The first-order chi connectivity index (χ1) is 14.0. The Morgan fingerprint density at radius 3 is 2.34 bits per heavy atom. The monoisotopic (exact) mass is 420 g/mol. The van der Waals surface area contributed by atoms with Crippen LogP contribution in [0.1, 0.15) is 52.4 Å². The van der Waals surface area contributed by atoms with Gasteiger partial charge >= 0.3 is 6.03 Å². The fraction of sp³-hybridized carbons (Fsp3) is 0.696. The highest BCUT2D eigenvalue weighted by atomic mass is 35.5. The van der Waals surface area contributed by atoms with Gasteiger partial charge in [-0.05, 0) is 49.4 Å². The average molecular weight is 421 g/mol. The Hall–Kier alpha value is -1.30. The standard InChI is InChI=1S/C23H37ClN4O/c1-18(2)16-22(17-25-23(29)26-20-10-8-19(24)9-11-20)28-14-12-27(13-15-28)21-6-4-3-5-7-21/h8-11,18,21-22H,3-7,12-17H2,1-2H3,(H2,25,26,29). The summed E-state index contributed by atoms with van der Waals surface area (Å²) in [7, 11) is 0. The lowest BCUT2D eigenvalue weighted by Crippen LogP contribution is -2.56. The fourth-order valence-corrected chi connectivity index (χ4v) is 4.86. The van der Waals surface area contributed by atoms with Crippen molar-refractivity contribution in [2.45, 2.75) is 64.5 Å². The third kappa shape index (κ3) is 7.16. The molecule has 1 heterocycles. The summed E-state index contributed by atoms with van der Waals surface area (Å²) in [6.45, 7) is 9.74. The lowest BCUT2D eigenvalue weighted by atomic mass is 9.93. The number of rotatable bonds is 7. The van der Waals surface area contributed by atoms with Gasteiger partial charge < -0.3 is 10.6 Å². The molecule has 0 aromatic heterocycles. The minimum atomic E-state index is -0.151. The highest BCUT2D eigenvalue weighted by Gasteiger charge is 2.28. The summed E-state index contributed by atoms with van der Waals surface area (Å²) in [5.41, 5.74) is 0.758. The molecule has 2 amide bonds. The summed E-state index contributed by atoms with van der Waals surface area (Å²) in [5.74, 6) is 0.609. The molecule has 1 saturated carbocycles. The van der Waals surface area contributed by atoms with Crippen LogP contribution in [0.2, 0.25) is 5.02 Å². The molecule has 0 bridgehead atoms. The summed E-state index contributed by atoms with van der Waals surface area (Å²) < 4.78 is 0. The van der Waals surface area contributed by atoms with E-state index in [0.717, 1.165) is 44.3 Å². The number of carbonyl (C=O) groups excluding carboxylic acids is 1. The number of nitrogens with zero attached hydrogens (tertiary/aromatic N) is 2. The number of hydrogen-bond acceptors (Lipinski definition) is 3. The van der Waals surface area contributed by atoms with Crippen molar-refractivity contribution in [1.82, 2.24) is 15.1 Å². The molecule has 6 heteroatoms. The van der Waals surface area contributed by atoms with Crippen molar-refractivity contribution >= 4 is 23.3 Å². The minimum absolute atomic E-state index is 0.151. The first-order valence-corrected chi connectivity index (χ1v) is 11.7. The van der Waals surface area contributed by atoms with Crippen LogP contribution in [-0.4, -0.2) is 60.6 Å². The molecule has 1 aliphatic heterocycles. The van der Waals surface area contributed by atoms with E-state index in [-0.39, 0.29) is 6.03 Å². The second kappa shape index (κ2) is 11.2. The van der Waals surface area contributed by atoms with Gasteiger partial charge in [-0.3, -0.25) is 9.80 Å². The Labute approximate surface area is 181 Å². The number of hydrogen-bond donors (Lipinski definition) is 2. The van der Waals surface area contributed by atoms with Crippen LogP contribution >= 0.6 is 11.6 Å². The normalized spacial score (nSPS) is 20.6. The van der Waals surface area contributed by atoms with Crippen molar-refractivity contribution in [3.05, 3.63) is 29.3 Å². The number of carbonyl (C=O) groups is 1. The van der Waals surface area contributed by atoms with Crippen molar-refractivity contribution in [2.75, 3.05) is 38.0 Å². The Bertz CT molecular complexity index is 622. The molecule has 1 atom stereocenters. The predicted octanol–water partition coefficient (Wildman–Crippen LogP) is 4.83. The summed E-state index contributed by atoms with van der Waals surface area (Å²) in [4.78, 5) is 17.6. The number of nitrogens with one attached hydrogen (secondary N) is 2. The van der Waals surface area contributed by atoms with Crippen molar-refractivity contribution < 1.29 is 4.79 Å². The van der Waals surface area contributed by atoms with Crippen molar-refractivity contribution in [3.8, 4) is 0 Å². The maximum absolute atomic E-state index is 12.3. The molecule has 0 radical (unpaired) electrons. The highest BCUT2D eigenvalue weighted by molar-refractivity contribution is 6.30. The van der Waals surface area contributed by atoms with E-state index in [9.17, 15) is 4.79 Å². The molecule has 29 heavy (non-hydrogen) atoms. The summed E-state index contributed by atoms with van der Waals surface area (Å²) in [5, 5.41) is 6.65. The van der Waals surface area contributed by atoms with Gasteiger partial charge in [0.05, 0.1) is 0 Å². The lowest BCUT2D eigenvalue weighted by molar-refractivity contribution is 0.0515. The lowest BCUT2D eigenvalue weighted by Gasteiger charge is -2.43. The van der Waals surface area contributed by atoms with Gasteiger partial charge in [0.15, 0.2) is 0 Å². The van der Waals surface area contributed by atoms with Crippen molar-refractivity contribution in [3.63, 3.8) is 0 Å². The molecule has 0 spiro atoms. The Morgan fingerprint density at radius 1 is 1.07 bits per heavy atom. The van der Waals surface area contributed by atoms with Gasteiger partial charge in [-0.15, -0.1) is 0 Å². The fourth-order valence-electron chi connectivity index (χ4n) is 4.74. The first kappa shape index (κ1) is 22.4. The van der Waals surface area contributed by atoms with E-state index in [2.05, 4.69) is 34.3 Å². The number of benzene rings is 1. The SMILES string of the molecule is CC(C)CC(CNC(=O)Nc1ccc(Cl)cc1)N1CCN(C2CCCCC2)CC1. The quantitative estimate of drug-likeness (QED) is 0.664. The molecule has 2 fully saturated rings. The second-order valence-electron chi connectivity index (χ2n) is 8.99. The van der Waals surface area contributed by atoms with Gasteiger partial charge in [0.1, 0.15) is 0 Å². The molecule has 1 unspecified atom stereocenters. The Balaban J connectivity index is 1.47. The minimum Gasteiger partial charge on any atom is -0.336 e. The van der Waals surface area contributed by atoms with Gasteiger partial charge in [-0.1, -0.05) is 44.7 Å².